The largest absolute Gasteiger partial charge is 0.373 e. The van der Waals surface area contributed by atoms with Crippen molar-refractivity contribution >= 4 is 27.5 Å². The summed E-state index contributed by atoms with van der Waals surface area (Å²) in [5.74, 6) is 0. The van der Waals surface area contributed by atoms with E-state index in [1.807, 2.05) is 24.3 Å². The smallest absolute Gasteiger partial charge is 0.0940 e. The van der Waals surface area contributed by atoms with Crippen molar-refractivity contribution in [3.63, 3.8) is 0 Å². The van der Waals surface area contributed by atoms with Crippen LogP contribution in [0.25, 0.3) is 0 Å². The molecular formula is C8H8BrClO. The molecule has 0 aromatic rings. The summed E-state index contributed by atoms with van der Waals surface area (Å²) in [6, 6.07) is 0. The van der Waals surface area contributed by atoms with Crippen LogP contribution in [0.5, 0.6) is 0 Å². The van der Waals surface area contributed by atoms with Gasteiger partial charge in [0.1, 0.15) is 0 Å². The van der Waals surface area contributed by atoms with Gasteiger partial charge >= 0.3 is 0 Å². The van der Waals surface area contributed by atoms with Gasteiger partial charge in [-0.3, -0.25) is 0 Å². The maximum atomic E-state index is 5.83. The molecule has 1 unspecified atom stereocenters. The highest BCUT2D eigenvalue weighted by atomic mass is 79.9. The average Bonchev–Trinajstić information content (AvgIpc) is 2.16. The Morgan fingerprint density at radius 2 is 2.09 bits per heavy atom. The second-order valence-electron chi connectivity index (χ2n) is 2.11. The zero-order valence-electron chi connectivity index (χ0n) is 6.05. The van der Waals surface area contributed by atoms with Crippen LogP contribution < -0.4 is 0 Å². The summed E-state index contributed by atoms with van der Waals surface area (Å²) in [4.78, 5) is 0. The predicted molar refractivity (Wildman–Crippen MR) is 50.9 cm³/mol. The first-order valence-electron chi connectivity index (χ1n) is 3.18. The van der Waals surface area contributed by atoms with Crippen LogP contribution in [0, 0.1) is 0 Å². The lowest BCUT2D eigenvalue weighted by molar-refractivity contribution is 0.178. The number of rotatable bonds is 1. The van der Waals surface area contributed by atoms with E-state index in [4.69, 9.17) is 16.3 Å². The van der Waals surface area contributed by atoms with Crippen LogP contribution in [0.15, 0.2) is 33.8 Å². The Morgan fingerprint density at radius 1 is 1.45 bits per heavy atom. The summed E-state index contributed by atoms with van der Waals surface area (Å²) in [5, 5.41) is 0.695. The predicted octanol–water partition coefficient (Wildman–Crippen LogP) is 2.97. The van der Waals surface area contributed by atoms with Gasteiger partial charge in [0, 0.05) is 11.6 Å². The molecule has 0 saturated carbocycles. The summed E-state index contributed by atoms with van der Waals surface area (Å²) in [7, 11) is 1.66. The zero-order valence-corrected chi connectivity index (χ0v) is 8.39. The lowest BCUT2D eigenvalue weighted by Crippen LogP contribution is -2.00. The molecule has 0 spiro atoms. The summed E-state index contributed by atoms with van der Waals surface area (Å²) in [6.07, 6.45) is 7.55. The van der Waals surface area contributed by atoms with E-state index in [1.165, 1.54) is 0 Å². The molecule has 0 saturated heterocycles. The van der Waals surface area contributed by atoms with Gasteiger partial charge in [-0.05, 0) is 28.1 Å². The van der Waals surface area contributed by atoms with E-state index in [0.717, 1.165) is 4.48 Å². The fourth-order valence-corrected chi connectivity index (χ4v) is 1.16. The topological polar surface area (TPSA) is 9.23 Å². The molecule has 1 aliphatic rings. The Bertz CT molecular complexity index is 208. The first-order chi connectivity index (χ1) is 5.24. The maximum Gasteiger partial charge on any atom is 0.0940 e. The third-order valence-corrected chi connectivity index (χ3v) is 2.61. The molecule has 0 aliphatic heterocycles. The third-order valence-electron chi connectivity index (χ3n) is 1.36. The minimum atomic E-state index is 0.0267. The molecule has 1 rings (SSSR count). The fourth-order valence-electron chi connectivity index (χ4n) is 0.739. The lowest BCUT2D eigenvalue weighted by Gasteiger charge is -2.01. The number of halogens is 2. The number of allylic oxidation sites excluding steroid dienone is 4. The van der Waals surface area contributed by atoms with Crippen LogP contribution in [0.1, 0.15) is 0 Å². The Morgan fingerprint density at radius 3 is 2.73 bits per heavy atom. The highest BCUT2D eigenvalue weighted by Gasteiger charge is 2.02. The van der Waals surface area contributed by atoms with Crippen molar-refractivity contribution in [3.8, 4) is 0 Å². The van der Waals surface area contributed by atoms with Crippen molar-refractivity contribution in [1.82, 2.24) is 0 Å². The number of methoxy groups -OCH3 is 1. The minimum absolute atomic E-state index is 0.0267. The highest BCUT2D eigenvalue weighted by molar-refractivity contribution is 9.12. The van der Waals surface area contributed by atoms with E-state index in [0.29, 0.717) is 5.03 Å². The molecule has 0 amide bonds. The molecule has 0 aromatic carbocycles. The van der Waals surface area contributed by atoms with Crippen molar-refractivity contribution in [1.29, 1.82) is 0 Å². The monoisotopic (exact) mass is 234 g/mol. The lowest BCUT2D eigenvalue weighted by atomic mass is 10.3. The summed E-state index contributed by atoms with van der Waals surface area (Å²) in [6.45, 7) is 0. The van der Waals surface area contributed by atoms with Crippen molar-refractivity contribution < 1.29 is 4.74 Å². The molecule has 1 aliphatic carbocycles. The van der Waals surface area contributed by atoms with Gasteiger partial charge in [-0.25, -0.2) is 0 Å². The normalized spacial score (nSPS) is 24.1. The van der Waals surface area contributed by atoms with Gasteiger partial charge < -0.3 is 4.74 Å². The van der Waals surface area contributed by atoms with E-state index < -0.39 is 0 Å². The maximum absolute atomic E-state index is 5.83. The quantitative estimate of drug-likeness (QED) is 0.679. The average molecular weight is 236 g/mol. The molecule has 0 aromatic heterocycles. The first kappa shape index (κ1) is 9.04. The van der Waals surface area contributed by atoms with Crippen molar-refractivity contribution in [3.05, 3.63) is 33.8 Å². The fraction of sp³-hybridized carbons (Fsp3) is 0.250. The van der Waals surface area contributed by atoms with Gasteiger partial charge in [0.05, 0.1) is 11.1 Å². The Kier molecular flexibility index (Phi) is 3.37. The number of ether oxygens (including phenoxy) is 1. The van der Waals surface area contributed by atoms with E-state index in [1.54, 1.807) is 7.11 Å². The summed E-state index contributed by atoms with van der Waals surface area (Å²) in [5.41, 5.74) is 0. The first-order valence-corrected chi connectivity index (χ1v) is 4.35. The van der Waals surface area contributed by atoms with Gasteiger partial charge in [0.2, 0.25) is 0 Å². The highest BCUT2D eigenvalue weighted by Crippen LogP contribution is 2.21. The minimum Gasteiger partial charge on any atom is -0.373 e. The van der Waals surface area contributed by atoms with Crippen LogP contribution in [0.4, 0.5) is 0 Å². The van der Waals surface area contributed by atoms with Crippen LogP contribution in [-0.2, 0) is 4.74 Å². The molecule has 0 fully saturated rings. The summed E-state index contributed by atoms with van der Waals surface area (Å²) >= 11 is 9.15. The molecule has 3 heteroatoms. The molecule has 1 atom stereocenters. The summed E-state index contributed by atoms with van der Waals surface area (Å²) < 4.78 is 5.97. The molecule has 0 bridgehead atoms. The van der Waals surface area contributed by atoms with Crippen molar-refractivity contribution in [2.24, 2.45) is 0 Å². The van der Waals surface area contributed by atoms with Crippen LogP contribution in [0.2, 0.25) is 0 Å². The Hall–Kier alpha value is -0.0500. The SMILES string of the molecule is COC1C=CC(Cl)=C(Br)C=C1. The molecular weight excluding hydrogens is 227 g/mol. The molecule has 0 radical (unpaired) electrons. The third kappa shape index (κ3) is 2.47. The molecule has 0 N–H and O–H groups in total. The second-order valence-corrected chi connectivity index (χ2v) is 3.38. The van der Waals surface area contributed by atoms with Gasteiger partial charge in [-0.15, -0.1) is 0 Å². The van der Waals surface area contributed by atoms with E-state index in [2.05, 4.69) is 15.9 Å². The molecule has 11 heavy (non-hydrogen) atoms. The van der Waals surface area contributed by atoms with Gasteiger partial charge in [0.15, 0.2) is 0 Å². The van der Waals surface area contributed by atoms with Crippen LogP contribution in [0.3, 0.4) is 0 Å². The van der Waals surface area contributed by atoms with Gasteiger partial charge in [0.25, 0.3) is 0 Å². The Labute approximate surface area is 79.5 Å². The van der Waals surface area contributed by atoms with Gasteiger partial charge in [-0.2, -0.15) is 0 Å². The number of hydrogen-bond acceptors (Lipinski definition) is 1. The van der Waals surface area contributed by atoms with Crippen LogP contribution >= 0.6 is 27.5 Å². The Balaban J connectivity index is 2.82. The van der Waals surface area contributed by atoms with Crippen LogP contribution in [-0.4, -0.2) is 13.2 Å². The van der Waals surface area contributed by atoms with E-state index in [9.17, 15) is 0 Å². The van der Waals surface area contributed by atoms with Crippen molar-refractivity contribution in [2.75, 3.05) is 7.11 Å². The standard InChI is InChI=1S/C8H8BrClO/c1-11-6-2-4-7(9)8(10)5-3-6/h2-6H,1H3. The van der Waals surface area contributed by atoms with Crippen molar-refractivity contribution in [2.45, 2.75) is 6.10 Å². The molecule has 60 valence electrons. The number of hydrogen-bond donors (Lipinski definition) is 0. The molecule has 1 nitrogen and oxygen atoms in total. The zero-order chi connectivity index (χ0) is 8.27. The van der Waals surface area contributed by atoms with E-state index >= 15 is 0 Å². The van der Waals surface area contributed by atoms with E-state index in [-0.39, 0.29) is 6.10 Å². The van der Waals surface area contributed by atoms with Gasteiger partial charge in [-0.1, -0.05) is 23.8 Å². The second kappa shape index (κ2) is 4.10. The molecule has 0 heterocycles.